The monoisotopic (exact) mass is 234 g/mol. The van der Waals surface area contributed by atoms with Crippen molar-refractivity contribution in [2.24, 2.45) is 0 Å². The summed E-state index contributed by atoms with van der Waals surface area (Å²) < 4.78 is 0. The summed E-state index contributed by atoms with van der Waals surface area (Å²) >= 11 is 0. The fraction of sp³-hybridized carbons (Fsp3) is 0. The predicted molar refractivity (Wildman–Crippen MR) is 76.1 cm³/mol. The highest BCUT2D eigenvalue weighted by Crippen LogP contribution is 2.25. The van der Waals surface area contributed by atoms with Crippen LogP contribution in [0.3, 0.4) is 0 Å². The van der Waals surface area contributed by atoms with Gasteiger partial charge >= 0.3 is 0 Å². The maximum Gasteiger partial charge on any atom is 0.0459 e. The lowest BCUT2D eigenvalue weighted by Gasteiger charge is -2.00. The first-order chi connectivity index (χ1) is 8.83. The summed E-state index contributed by atoms with van der Waals surface area (Å²) in [6, 6.07) is 22.3. The fourth-order valence-electron chi connectivity index (χ4n) is 2.06. The van der Waals surface area contributed by atoms with E-state index in [4.69, 9.17) is 5.73 Å². The summed E-state index contributed by atoms with van der Waals surface area (Å²) in [6.07, 6.45) is 0. The number of H-pyrrole nitrogens is 1. The molecule has 3 rings (SSSR count). The molecule has 0 saturated carbocycles. The molecule has 2 heteroatoms. The van der Waals surface area contributed by atoms with Crippen LogP contribution in [0.15, 0.2) is 66.7 Å². The van der Waals surface area contributed by atoms with E-state index in [0.717, 1.165) is 22.6 Å². The highest BCUT2D eigenvalue weighted by Gasteiger charge is 2.03. The standard InChI is InChI=1S/C16H14N2/c17-14-8-4-7-13(11-14)16-10-9-15(18-16)12-5-2-1-3-6-12/h1-11,18H,17H2. The largest absolute Gasteiger partial charge is 0.399 e. The second-order valence-electron chi connectivity index (χ2n) is 4.28. The molecule has 3 aromatic rings. The van der Waals surface area contributed by atoms with E-state index in [1.807, 2.05) is 36.4 Å². The zero-order valence-electron chi connectivity index (χ0n) is 9.93. The summed E-state index contributed by atoms with van der Waals surface area (Å²) in [5, 5.41) is 0. The topological polar surface area (TPSA) is 41.8 Å². The lowest BCUT2D eigenvalue weighted by molar-refractivity contribution is 1.39. The summed E-state index contributed by atoms with van der Waals surface area (Å²) in [6.45, 7) is 0. The van der Waals surface area contributed by atoms with Crippen molar-refractivity contribution in [1.82, 2.24) is 4.98 Å². The number of hydrogen-bond donors (Lipinski definition) is 2. The van der Waals surface area contributed by atoms with E-state index in [1.165, 1.54) is 5.56 Å². The van der Waals surface area contributed by atoms with Crippen molar-refractivity contribution in [1.29, 1.82) is 0 Å². The van der Waals surface area contributed by atoms with E-state index < -0.39 is 0 Å². The van der Waals surface area contributed by atoms with Crippen molar-refractivity contribution in [2.45, 2.75) is 0 Å². The lowest BCUT2D eigenvalue weighted by atomic mass is 10.1. The van der Waals surface area contributed by atoms with Gasteiger partial charge in [0.25, 0.3) is 0 Å². The van der Waals surface area contributed by atoms with E-state index >= 15 is 0 Å². The molecule has 0 radical (unpaired) electrons. The summed E-state index contributed by atoms with van der Waals surface area (Å²) in [5.74, 6) is 0. The van der Waals surface area contributed by atoms with Crippen LogP contribution in [0.1, 0.15) is 0 Å². The normalized spacial score (nSPS) is 10.4. The van der Waals surface area contributed by atoms with Crippen molar-refractivity contribution in [3.05, 3.63) is 66.7 Å². The molecule has 0 spiro atoms. The Bertz CT molecular complexity index is 654. The van der Waals surface area contributed by atoms with Gasteiger partial charge in [-0.1, -0.05) is 42.5 Å². The summed E-state index contributed by atoms with van der Waals surface area (Å²) in [7, 11) is 0. The van der Waals surface area contributed by atoms with Crippen LogP contribution in [-0.4, -0.2) is 4.98 Å². The maximum atomic E-state index is 5.80. The molecule has 0 fully saturated rings. The Kier molecular flexibility index (Phi) is 2.61. The van der Waals surface area contributed by atoms with Gasteiger partial charge in [-0.25, -0.2) is 0 Å². The number of nitrogens with two attached hydrogens (primary N) is 1. The van der Waals surface area contributed by atoms with Crippen molar-refractivity contribution < 1.29 is 0 Å². The Morgan fingerprint density at radius 3 is 2.06 bits per heavy atom. The third-order valence-corrected chi connectivity index (χ3v) is 2.97. The van der Waals surface area contributed by atoms with E-state index in [0.29, 0.717) is 0 Å². The molecule has 0 aliphatic carbocycles. The van der Waals surface area contributed by atoms with E-state index in [2.05, 4.69) is 35.3 Å². The van der Waals surface area contributed by atoms with Crippen molar-refractivity contribution in [2.75, 3.05) is 5.73 Å². The molecule has 2 nitrogen and oxygen atoms in total. The van der Waals surface area contributed by atoms with Gasteiger partial charge in [-0.2, -0.15) is 0 Å². The zero-order valence-corrected chi connectivity index (χ0v) is 9.93. The van der Waals surface area contributed by atoms with E-state index in [-0.39, 0.29) is 0 Å². The van der Waals surface area contributed by atoms with Crippen LogP contribution in [0.2, 0.25) is 0 Å². The maximum absolute atomic E-state index is 5.80. The third-order valence-electron chi connectivity index (χ3n) is 2.97. The van der Waals surface area contributed by atoms with Crippen LogP contribution in [-0.2, 0) is 0 Å². The van der Waals surface area contributed by atoms with Gasteiger partial charge in [-0.3, -0.25) is 0 Å². The van der Waals surface area contributed by atoms with Gasteiger partial charge in [-0.15, -0.1) is 0 Å². The van der Waals surface area contributed by atoms with Gasteiger partial charge in [0.05, 0.1) is 0 Å². The molecule has 0 atom stereocenters. The lowest BCUT2D eigenvalue weighted by Crippen LogP contribution is -1.85. The fourth-order valence-corrected chi connectivity index (χ4v) is 2.06. The average molecular weight is 234 g/mol. The number of rotatable bonds is 2. The van der Waals surface area contributed by atoms with E-state index in [1.54, 1.807) is 0 Å². The number of nitrogen functional groups attached to an aromatic ring is 1. The van der Waals surface area contributed by atoms with Gasteiger partial charge in [-0.05, 0) is 35.4 Å². The number of aromatic amines is 1. The minimum atomic E-state index is 0.781. The smallest absolute Gasteiger partial charge is 0.0459 e. The van der Waals surface area contributed by atoms with Crippen LogP contribution in [0.25, 0.3) is 22.5 Å². The Hall–Kier alpha value is -2.48. The van der Waals surface area contributed by atoms with Crippen LogP contribution in [0.4, 0.5) is 5.69 Å². The molecule has 1 aromatic heterocycles. The number of aromatic nitrogens is 1. The third kappa shape index (κ3) is 2.00. The SMILES string of the molecule is Nc1cccc(-c2ccc(-c3ccccc3)[nH]2)c1. The van der Waals surface area contributed by atoms with Gasteiger partial charge in [0.1, 0.15) is 0 Å². The first-order valence-corrected chi connectivity index (χ1v) is 5.93. The molecule has 0 amide bonds. The number of nitrogens with one attached hydrogen (secondary N) is 1. The quantitative estimate of drug-likeness (QED) is 0.648. The van der Waals surface area contributed by atoms with Crippen molar-refractivity contribution in [3.63, 3.8) is 0 Å². The van der Waals surface area contributed by atoms with Crippen LogP contribution in [0.5, 0.6) is 0 Å². The molecule has 0 aliphatic rings. The molecule has 3 N–H and O–H groups in total. The van der Waals surface area contributed by atoms with Gasteiger partial charge in [0, 0.05) is 17.1 Å². The van der Waals surface area contributed by atoms with Crippen LogP contribution < -0.4 is 5.73 Å². The molecule has 2 aromatic carbocycles. The molecule has 1 heterocycles. The molecular weight excluding hydrogens is 220 g/mol. The first-order valence-electron chi connectivity index (χ1n) is 5.93. The van der Waals surface area contributed by atoms with Crippen molar-refractivity contribution in [3.8, 4) is 22.5 Å². The first kappa shape index (κ1) is 10.7. The molecule has 18 heavy (non-hydrogen) atoms. The van der Waals surface area contributed by atoms with Gasteiger partial charge < -0.3 is 10.7 Å². The minimum Gasteiger partial charge on any atom is -0.399 e. The van der Waals surface area contributed by atoms with Crippen LogP contribution >= 0.6 is 0 Å². The number of benzene rings is 2. The second-order valence-corrected chi connectivity index (χ2v) is 4.28. The predicted octanol–water partition coefficient (Wildman–Crippen LogP) is 3.93. The Morgan fingerprint density at radius 2 is 1.33 bits per heavy atom. The van der Waals surface area contributed by atoms with Crippen molar-refractivity contribution >= 4 is 5.69 Å². The molecule has 0 aliphatic heterocycles. The highest BCUT2D eigenvalue weighted by atomic mass is 14.7. The van der Waals surface area contributed by atoms with Crippen LogP contribution in [0, 0.1) is 0 Å². The van der Waals surface area contributed by atoms with E-state index in [9.17, 15) is 0 Å². The zero-order chi connectivity index (χ0) is 12.4. The van der Waals surface area contributed by atoms with Gasteiger partial charge in [0.15, 0.2) is 0 Å². The molecular formula is C16H14N2. The summed E-state index contributed by atoms with van der Waals surface area (Å²) in [5.41, 5.74) is 11.1. The minimum absolute atomic E-state index is 0.781. The molecule has 0 unspecified atom stereocenters. The summed E-state index contributed by atoms with van der Waals surface area (Å²) in [4.78, 5) is 3.42. The molecule has 0 bridgehead atoms. The highest BCUT2D eigenvalue weighted by molar-refractivity contribution is 5.70. The number of hydrogen-bond acceptors (Lipinski definition) is 1. The second kappa shape index (κ2) is 4.41. The average Bonchev–Trinajstić information content (AvgIpc) is 2.89. The Labute approximate surface area is 106 Å². The Morgan fingerprint density at radius 1 is 0.667 bits per heavy atom. The Balaban J connectivity index is 2.00. The van der Waals surface area contributed by atoms with Gasteiger partial charge in [0.2, 0.25) is 0 Å². The number of anilines is 1. The molecule has 0 saturated heterocycles. The molecule has 88 valence electrons.